The lowest BCUT2D eigenvalue weighted by Gasteiger charge is -2.15. The Morgan fingerprint density at radius 1 is 1.28 bits per heavy atom. The van der Waals surface area contributed by atoms with Gasteiger partial charge in [-0.3, -0.25) is 9.59 Å². The maximum absolute atomic E-state index is 11.6. The zero-order valence-electron chi connectivity index (χ0n) is 10.4. The fourth-order valence-electron chi connectivity index (χ4n) is 1.59. The van der Waals surface area contributed by atoms with Crippen LogP contribution in [0.2, 0.25) is 0 Å². The van der Waals surface area contributed by atoms with Gasteiger partial charge >= 0.3 is 0 Å². The SMILES string of the molecule is CC(CNC(=O)C(N)CC(N)=O)c1ccccc1. The van der Waals surface area contributed by atoms with Crippen molar-refractivity contribution in [2.45, 2.75) is 25.3 Å². The third kappa shape index (κ3) is 4.55. The quantitative estimate of drug-likeness (QED) is 0.667. The van der Waals surface area contributed by atoms with Gasteiger partial charge in [0.05, 0.1) is 12.5 Å². The van der Waals surface area contributed by atoms with E-state index >= 15 is 0 Å². The Kier molecular flexibility index (Phi) is 5.32. The second-order valence-corrected chi connectivity index (χ2v) is 4.33. The minimum atomic E-state index is -0.870. The van der Waals surface area contributed by atoms with Crippen LogP contribution >= 0.6 is 0 Å². The fraction of sp³-hybridized carbons (Fsp3) is 0.385. The summed E-state index contributed by atoms with van der Waals surface area (Å²) in [5.74, 6) is -0.735. The summed E-state index contributed by atoms with van der Waals surface area (Å²) in [6.45, 7) is 2.49. The minimum Gasteiger partial charge on any atom is -0.370 e. The standard InChI is InChI=1S/C13H19N3O2/c1-9(10-5-3-2-4-6-10)8-16-13(18)11(14)7-12(15)17/h2-6,9,11H,7-8,14H2,1H3,(H2,15,17)(H,16,18). The van der Waals surface area contributed by atoms with Gasteiger partial charge in [-0.05, 0) is 11.5 Å². The molecule has 2 amide bonds. The molecule has 0 aliphatic rings. The molecule has 1 aromatic carbocycles. The fourth-order valence-corrected chi connectivity index (χ4v) is 1.59. The average molecular weight is 249 g/mol. The largest absolute Gasteiger partial charge is 0.370 e. The highest BCUT2D eigenvalue weighted by molar-refractivity contribution is 5.87. The highest BCUT2D eigenvalue weighted by Crippen LogP contribution is 2.12. The van der Waals surface area contributed by atoms with Crippen LogP contribution in [0, 0.1) is 0 Å². The average Bonchev–Trinajstić information content (AvgIpc) is 2.35. The van der Waals surface area contributed by atoms with E-state index in [0.29, 0.717) is 6.54 Å². The number of rotatable bonds is 6. The highest BCUT2D eigenvalue weighted by atomic mass is 16.2. The van der Waals surface area contributed by atoms with E-state index in [1.807, 2.05) is 37.3 Å². The maximum atomic E-state index is 11.6. The number of amides is 2. The molecule has 0 saturated carbocycles. The van der Waals surface area contributed by atoms with Crippen LogP contribution in [0.3, 0.4) is 0 Å². The van der Waals surface area contributed by atoms with Gasteiger partial charge in [-0.2, -0.15) is 0 Å². The lowest BCUT2D eigenvalue weighted by molar-refractivity contribution is -0.126. The summed E-state index contributed by atoms with van der Waals surface area (Å²) < 4.78 is 0. The second kappa shape index (κ2) is 6.76. The van der Waals surface area contributed by atoms with E-state index in [4.69, 9.17) is 11.5 Å². The van der Waals surface area contributed by atoms with Crippen molar-refractivity contribution >= 4 is 11.8 Å². The molecule has 5 heteroatoms. The zero-order valence-corrected chi connectivity index (χ0v) is 10.4. The normalized spacial score (nSPS) is 13.7. The summed E-state index contributed by atoms with van der Waals surface area (Å²) in [6.07, 6.45) is -0.133. The lowest BCUT2D eigenvalue weighted by Crippen LogP contribution is -2.44. The topological polar surface area (TPSA) is 98.2 Å². The molecule has 0 aliphatic heterocycles. The number of primary amides is 1. The summed E-state index contributed by atoms with van der Waals surface area (Å²) in [5.41, 5.74) is 11.6. The number of nitrogens with one attached hydrogen (secondary N) is 1. The van der Waals surface area contributed by atoms with E-state index in [-0.39, 0.29) is 18.2 Å². The van der Waals surface area contributed by atoms with E-state index in [2.05, 4.69) is 5.32 Å². The van der Waals surface area contributed by atoms with Gasteiger partial charge in [0.1, 0.15) is 0 Å². The first-order valence-electron chi connectivity index (χ1n) is 5.87. The highest BCUT2D eigenvalue weighted by Gasteiger charge is 2.16. The molecule has 0 radical (unpaired) electrons. The molecule has 5 N–H and O–H groups in total. The molecule has 2 atom stereocenters. The van der Waals surface area contributed by atoms with Crippen LogP contribution in [0.5, 0.6) is 0 Å². The van der Waals surface area contributed by atoms with Gasteiger partial charge in [0.2, 0.25) is 11.8 Å². The van der Waals surface area contributed by atoms with E-state index in [1.54, 1.807) is 0 Å². The molecule has 2 unspecified atom stereocenters. The van der Waals surface area contributed by atoms with Gasteiger partial charge in [0.25, 0.3) is 0 Å². The van der Waals surface area contributed by atoms with Crippen LogP contribution in [0.1, 0.15) is 24.8 Å². The van der Waals surface area contributed by atoms with Gasteiger partial charge in [0.15, 0.2) is 0 Å². The first kappa shape index (κ1) is 14.2. The predicted molar refractivity (Wildman–Crippen MR) is 69.7 cm³/mol. The lowest BCUT2D eigenvalue weighted by atomic mass is 10.0. The van der Waals surface area contributed by atoms with Crippen molar-refractivity contribution < 1.29 is 9.59 Å². The van der Waals surface area contributed by atoms with E-state index < -0.39 is 11.9 Å². The number of carbonyl (C=O) groups excluding carboxylic acids is 2. The zero-order chi connectivity index (χ0) is 13.5. The van der Waals surface area contributed by atoms with Crippen molar-refractivity contribution in [2.24, 2.45) is 11.5 Å². The molecule has 1 aromatic rings. The Bertz CT molecular complexity index is 406. The second-order valence-electron chi connectivity index (χ2n) is 4.33. The van der Waals surface area contributed by atoms with Gasteiger partial charge in [-0.1, -0.05) is 37.3 Å². The van der Waals surface area contributed by atoms with Gasteiger partial charge in [-0.15, -0.1) is 0 Å². The van der Waals surface area contributed by atoms with Crippen molar-refractivity contribution in [1.29, 1.82) is 0 Å². The van der Waals surface area contributed by atoms with Crippen LogP contribution in [-0.4, -0.2) is 24.4 Å². The van der Waals surface area contributed by atoms with Gasteiger partial charge < -0.3 is 16.8 Å². The molecular formula is C13H19N3O2. The predicted octanol–water partition coefficient (Wildman–Crippen LogP) is 0.109. The molecule has 0 aromatic heterocycles. The number of nitrogens with two attached hydrogens (primary N) is 2. The molecule has 0 heterocycles. The summed E-state index contributed by atoms with van der Waals surface area (Å²) in [5, 5.41) is 2.71. The summed E-state index contributed by atoms with van der Waals surface area (Å²) in [6, 6.07) is 8.97. The summed E-state index contributed by atoms with van der Waals surface area (Å²) in [4.78, 5) is 22.2. The van der Waals surface area contributed by atoms with Crippen LogP contribution in [0.15, 0.2) is 30.3 Å². The van der Waals surface area contributed by atoms with E-state index in [9.17, 15) is 9.59 Å². The third-order valence-electron chi connectivity index (χ3n) is 2.71. The molecule has 1 rings (SSSR count). The van der Waals surface area contributed by atoms with Crippen LogP contribution in [-0.2, 0) is 9.59 Å². The number of hydrogen-bond donors (Lipinski definition) is 3. The van der Waals surface area contributed by atoms with Crippen LogP contribution in [0.4, 0.5) is 0 Å². The Hall–Kier alpha value is -1.88. The number of benzene rings is 1. The van der Waals surface area contributed by atoms with Crippen molar-refractivity contribution in [3.8, 4) is 0 Å². The third-order valence-corrected chi connectivity index (χ3v) is 2.71. The molecule has 0 spiro atoms. The van der Waals surface area contributed by atoms with Crippen molar-refractivity contribution in [3.63, 3.8) is 0 Å². The first-order valence-corrected chi connectivity index (χ1v) is 5.87. The van der Waals surface area contributed by atoms with Crippen molar-refractivity contribution in [2.75, 3.05) is 6.54 Å². The van der Waals surface area contributed by atoms with Gasteiger partial charge in [-0.25, -0.2) is 0 Å². The van der Waals surface area contributed by atoms with Gasteiger partial charge in [0, 0.05) is 6.54 Å². The van der Waals surface area contributed by atoms with Crippen LogP contribution in [0.25, 0.3) is 0 Å². The molecule has 0 bridgehead atoms. The molecule has 0 saturated heterocycles. The van der Waals surface area contributed by atoms with Crippen LogP contribution < -0.4 is 16.8 Å². The molecular weight excluding hydrogens is 230 g/mol. The summed E-state index contributed by atoms with van der Waals surface area (Å²) >= 11 is 0. The number of hydrogen-bond acceptors (Lipinski definition) is 3. The molecule has 18 heavy (non-hydrogen) atoms. The summed E-state index contributed by atoms with van der Waals surface area (Å²) in [7, 11) is 0. The van der Waals surface area contributed by atoms with Crippen molar-refractivity contribution in [1.82, 2.24) is 5.32 Å². The Morgan fingerprint density at radius 3 is 2.44 bits per heavy atom. The minimum absolute atomic E-state index is 0.133. The Labute approximate surface area is 107 Å². The smallest absolute Gasteiger partial charge is 0.237 e. The maximum Gasteiger partial charge on any atom is 0.237 e. The Balaban J connectivity index is 2.41. The van der Waals surface area contributed by atoms with E-state index in [1.165, 1.54) is 0 Å². The number of carbonyl (C=O) groups is 2. The van der Waals surface area contributed by atoms with Crippen molar-refractivity contribution in [3.05, 3.63) is 35.9 Å². The molecule has 0 aliphatic carbocycles. The van der Waals surface area contributed by atoms with E-state index in [0.717, 1.165) is 5.56 Å². The molecule has 5 nitrogen and oxygen atoms in total. The Morgan fingerprint density at radius 2 is 1.89 bits per heavy atom. The molecule has 0 fully saturated rings. The molecule has 98 valence electrons. The monoisotopic (exact) mass is 249 g/mol. The first-order chi connectivity index (χ1) is 8.50.